The summed E-state index contributed by atoms with van der Waals surface area (Å²) in [6.45, 7) is 1.29. The number of benzene rings is 1. The standard InChI is InChI=1S/C18H21N3O3S/c1-21-7-6-12-9-13(4-5-15(12)21)16(22)11-20-18(24)17(23)19-10-14-3-2-8-25-14/h2-5,8-9,16,22H,6-7,10-11H2,1H3,(H,19,23)(H,20,24)/t16-/m1/s1. The average molecular weight is 359 g/mol. The number of likely N-dealkylation sites (N-methyl/N-ethyl adjacent to an activating group) is 1. The smallest absolute Gasteiger partial charge is 0.309 e. The van der Waals surface area contributed by atoms with Crippen LogP contribution in [0.3, 0.4) is 0 Å². The van der Waals surface area contributed by atoms with Crippen LogP contribution >= 0.6 is 11.3 Å². The molecular formula is C18H21N3O3S. The van der Waals surface area contributed by atoms with Crippen molar-refractivity contribution in [3.63, 3.8) is 0 Å². The van der Waals surface area contributed by atoms with Crippen molar-refractivity contribution in [2.45, 2.75) is 19.1 Å². The Labute approximate surface area is 150 Å². The van der Waals surface area contributed by atoms with Gasteiger partial charge in [0, 0.05) is 30.7 Å². The molecule has 1 aromatic heterocycles. The number of carbonyl (C=O) groups excluding carboxylic acids is 2. The molecule has 2 heterocycles. The maximum absolute atomic E-state index is 11.8. The fourth-order valence-electron chi connectivity index (χ4n) is 2.84. The molecule has 0 saturated heterocycles. The van der Waals surface area contributed by atoms with Crippen LogP contribution in [0.1, 0.15) is 22.1 Å². The van der Waals surface area contributed by atoms with Gasteiger partial charge >= 0.3 is 11.8 Å². The Morgan fingerprint density at radius 1 is 1.28 bits per heavy atom. The van der Waals surface area contributed by atoms with E-state index in [1.54, 1.807) is 0 Å². The molecule has 3 N–H and O–H groups in total. The van der Waals surface area contributed by atoms with Gasteiger partial charge in [0.2, 0.25) is 0 Å². The minimum Gasteiger partial charge on any atom is -0.387 e. The lowest BCUT2D eigenvalue weighted by molar-refractivity contribution is -0.139. The molecule has 0 radical (unpaired) electrons. The van der Waals surface area contributed by atoms with Gasteiger partial charge in [-0.3, -0.25) is 9.59 Å². The SMILES string of the molecule is CN1CCc2cc([C@H](O)CNC(=O)C(=O)NCc3cccs3)ccc21. The average Bonchev–Trinajstić information content (AvgIpc) is 3.27. The van der Waals surface area contributed by atoms with Crippen LogP contribution < -0.4 is 15.5 Å². The molecule has 0 unspecified atom stereocenters. The van der Waals surface area contributed by atoms with Gasteiger partial charge in [0.25, 0.3) is 0 Å². The highest BCUT2D eigenvalue weighted by molar-refractivity contribution is 7.09. The van der Waals surface area contributed by atoms with E-state index in [0.717, 1.165) is 23.4 Å². The Kier molecular flexibility index (Phi) is 5.35. The van der Waals surface area contributed by atoms with Gasteiger partial charge in [-0.2, -0.15) is 0 Å². The number of fused-ring (bicyclic) bond motifs is 1. The van der Waals surface area contributed by atoms with Crippen molar-refractivity contribution in [2.75, 3.05) is 25.0 Å². The van der Waals surface area contributed by atoms with Gasteiger partial charge in [0.1, 0.15) is 0 Å². The van der Waals surface area contributed by atoms with Gasteiger partial charge in [0.15, 0.2) is 0 Å². The summed E-state index contributed by atoms with van der Waals surface area (Å²) in [5, 5.41) is 17.2. The number of hydrogen-bond donors (Lipinski definition) is 3. The molecule has 3 rings (SSSR count). The Morgan fingerprint density at radius 2 is 2.08 bits per heavy atom. The molecule has 2 aromatic rings. The Bertz CT molecular complexity index is 761. The van der Waals surface area contributed by atoms with Crippen molar-refractivity contribution in [3.05, 3.63) is 51.7 Å². The van der Waals surface area contributed by atoms with E-state index >= 15 is 0 Å². The first-order chi connectivity index (χ1) is 12.0. The zero-order valence-corrected chi connectivity index (χ0v) is 14.8. The highest BCUT2D eigenvalue weighted by atomic mass is 32.1. The van der Waals surface area contributed by atoms with Crippen molar-refractivity contribution < 1.29 is 14.7 Å². The van der Waals surface area contributed by atoms with Crippen molar-refractivity contribution in [2.24, 2.45) is 0 Å². The van der Waals surface area contributed by atoms with E-state index in [1.165, 1.54) is 22.6 Å². The maximum Gasteiger partial charge on any atom is 0.309 e. The van der Waals surface area contributed by atoms with Crippen LogP contribution in [-0.2, 0) is 22.6 Å². The van der Waals surface area contributed by atoms with E-state index in [0.29, 0.717) is 6.54 Å². The molecule has 0 saturated carbocycles. The molecule has 0 bridgehead atoms. The third-order valence-corrected chi connectivity index (χ3v) is 5.16. The van der Waals surface area contributed by atoms with Crippen LogP contribution in [0.2, 0.25) is 0 Å². The Hall–Kier alpha value is -2.38. The largest absolute Gasteiger partial charge is 0.387 e. The third-order valence-electron chi connectivity index (χ3n) is 4.28. The number of aliphatic hydroxyl groups is 1. The molecular weight excluding hydrogens is 338 g/mol. The zero-order chi connectivity index (χ0) is 17.8. The van der Waals surface area contributed by atoms with Crippen molar-refractivity contribution in [1.82, 2.24) is 10.6 Å². The second kappa shape index (κ2) is 7.67. The Morgan fingerprint density at radius 3 is 2.84 bits per heavy atom. The highest BCUT2D eigenvalue weighted by Gasteiger charge is 2.19. The van der Waals surface area contributed by atoms with Gasteiger partial charge in [0.05, 0.1) is 12.6 Å². The molecule has 25 heavy (non-hydrogen) atoms. The molecule has 7 heteroatoms. The van der Waals surface area contributed by atoms with Gasteiger partial charge in [-0.1, -0.05) is 18.2 Å². The number of nitrogens with one attached hydrogen (secondary N) is 2. The fraction of sp³-hybridized carbons (Fsp3) is 0.333. The molecule has 1 aliphatic rings. The minimum absolute atomic E-state index is 0.000118. The van der Waals surface area contributed by atoms with Crippen LogP contribution in [0.5, 0.6) is 0 Å². The molecule has 6 nitrogen and oxygen atoms in total. The molecule has 0 spiro atoms. The maximum atomic E-state index is 11.8. The van der Waals surface area contributed by atoms with Crippen LogP contribution in [0, 0.1) is 0 Å². The van der Waals surface area contributed by atoms with E-state index in [2.05, 4.69) is 15.5 Å². The summed E-state index contributed by atoms with van der Waals surface area (Å²) in [5.74, 6) is -1.44. The summed E-state index contributed by atoms with van der Waals surface area (Å²) in [4.78, 5) is 26.8. The van der Waals surface area contributed by atoms with Crippen LogP contribution in [-0.4, -0.2) is 37.1 Å². The number of thiophene rings is 1. The van der Waals surface area contributed by atoms with E-state index in [-0.39, 0.29) is 6.54 Å². The first-order valence-corrected chi connectivity index (χ1v) is 9.03. The molecule has 1 aliphatic heterocycles. The third kappa shape index (κ3) is 4.18. The number of aliphatic hydroxyl groups excluding tert-OH is 1. The second-order valence-corrected chi connectivity index (χ2v) is 7.08. The number of anilines is 1. The number of rotatable bonds is 5. The van der Waals surface area contributed by atoms with E-state index < -0.39 is 17.9 Å². The fourth-order valence-corrected chi connectivity index (χ4v) is 3.49. The first kappa shape index (κ1) is 17.4. The predicted octanol–water partition coefficient (Wildman–Crippen LogP) is 1.21. The minimum atomic E-state index is -0.842. The van der Waals surface area contributed by atoms with Gasteiger partial charge in [-0.05, 0) is 35.1 Å². The van der Waals surface area contributed by atoms with Crippen LogP contribution in [0.25, 0.3) is 0 Å². The highest BCUT2D eigenvalue weighted by Crippen LogP contribution is 2.29. The summed E-state index contributed by atoms with van der Waals surface area (Å²) >= 11 is 1.51. The second-order valence-electron chi connectivity index (χ2n) is 6.05. The molecule has 1 atom stereocenters. The lowest BCUT2D eigenvalue weighted by Crippen LogP contribution is -2.41. The summed E-state index contributed by atoms with van der Waals surface area (Å²) in [6.07, 6.45) is 0.106. The van der Waals surface area contributed by atoms with E-state index in [1.807, 2.05) is 42.8 Å². The summed E-state index contributed by atoms with van der Waals surface area (Å²) in [5.41, 5.74) is 3.11. The van der Waals surface area contributed by atoms with Crippen LogP contribution in [0.15, 0.2) is 35.7 Å². The molecule has 0 fully saturated rings. The monoisotopic (exact) mass is 359 g/mol. The summed E-state index contributed by atoms with van der Waals surface area (Å²) < 4.78 is 0. The molecule has 2 amide bonds. The molecule has 132 valence electrons. The number of nitrogens with zero attached hydrogens (tertiary/aromatic N) is 1. The number of amides is 2. The van der Waals surface area contributed by atoms with Crippen LogP contribution in [0.4, 0.5) is 5.69 Å². The quantitative estimate of drug-likeness (QED) is 0.701. The van der Waals surface area contributed by atoms with Crippen molar-refractivity contribution in [3.8, 4) is 0 Å². The predicted molar refractivity (Wildman–Crippen MR) is 97.6 cm³/mol. The molecule has 0 aliphatic carbocycles. The van der Waals surface area contributed by atoms with Gasteiger partial charge < -0.3 is 20.6 Å². The zero-order valence-electron chi connectivity index (χ0n) is 14.0. The van der Waals surface area contributed by atoms with Gasteiger partial charge in [-0.25, -0.2) is 0 Å². The topological polar surface area (TPSA) is 81.7 Å². The number of hydrogen-bond acceptors (Lipinski definition) is 5. The Balaban J connectivity index is 1.49. The lowest BCUT2D eigenvalue weighted by Gasteiger charge is -2.15. The normalized spacial score (nSPS) is 14.1. The summed E-state index contributed by atoms with van der Waals surface area (Å²) in [6, 6.07) is 9.58. The lowest BCUT2D eigenvalue weighted by atomic mass is 10.0. The van der Waals surface area contributed by atoms with Crippen molar-refractivity contribution >= 4 is 28.8 Å². The van der Waals surface area contributed by atoms with Gasteiger partial charge in [-0.15, -0.1) is 11.3 Å². The summed E-state index contributed by atoms with van der Waals surface area (Å²) in [7, 11) is 2.04. The van der Waals surface area contributed by atoms with E-state index in [4.69, 9.17) is 0 Å². The molecule has 1 aromatic carbocycles. The number of carbonyl (C=O) groups is 2. The van der Waals surface area contributed by atoms with E-state index in [9.17, 15) is 14.7 Å². The first-order valence-electron chi connectivity index (χ1n) is 8.15. The van der Waals surface area contributed by atoms with Crippen molar-refractivity contribution in [1.29, 1.82) is 0 Å².